The first-order valence-electron chi connectivity index (χ1n) is 9.93. The summed E-state index contributed by atoms with van der Waals surface area (Å²) in [6.45, 7) is 1.89. The van der Waals surface area contributed by atoms with E-state index in [2.05, 4.69) is 10.3 Å². The largest absolute Gasteiger partial charge is 0.479 e. The van der Waals surface area contributed by atoms with Gasteiger partial charge >= 0.3 is 5.97 Å². The van der Waals surface area contributed by atoms with Crippen molar-refractivity contribution in [1.29, 1.82) is 5.26 Å². The molecule has 1 heterocycles. The van der Waals surface area contributed by atoms with Crippen LogP contribution in [-0.2, 0) is 9.53 Å². The number of nitrogens with one attached hydrogen (secondary N) is 1. The Balaban J connectivity index is 1.58. The highest BCUT2D eigenvalue weighted by Crippen LogP contribution is 2.24. The second-order valence-electron chi connectivity index (χ2n) is 7.16. The third kappa shape index (κ3) is 6.14. The molecule has 2 atom stereocenters. The zero-order valence-corrected chi connectivity index (χ0v) is 17.1. The first-order valence-corrected chi connectivity index (χ1v) is 9.93. The Bertz CT molecular complexity index is 1030. The van der Waals surface area contributed by atoms with Crippen LogP contribution < -0.4 is 10.1 Å². The van der Waals surface area contributed by atoms with E-state index in [0.29, 0.717) is 37.1 Å². The lowest BCUT2D eigenvalue weighted by Gasteiger charge is -2.24. The molecule has 1 amide bonds. The van der Waals surface area contributed by atoms with Crippen molar-refractivity contribution >= 4 is 11.9 Å². The van der Waals surface area contributed by atoms with E-state index in [9.17, 15) is 9.59 Å². The Kier molecular flexibility index (Phi) is 7.35. The summed E-state index contributed by atoms with van der Waals surface area (Å²) in [7, 11) is 0. The van der Waals surface area contributed by atoms with Gasteiger partial charge in [-0.25, -0.2) is 9.78 Å². The summed E-state index contributed by atoms with van der Waals surface area (Å²) in [5.41, 5.74) is 1.80. The summed E-state index contributed by atoms with van der Waals surface area (Å²) < 4.78 is 11.2. The molecular formula is C23H23N3O5. The first-order chi connectivity index (χ1) is 15.0. The lowest BCUT2D eigenvalue weighted by atomic mass is 9.97. The summed E-state index contributed by atoms with van der Waals surface area (Å²) in [6.07, 6.45) is 4.58. The summed E-state index contributed by atoms with van der Waals surface area (Å²) in [5, 5.41) is 20.8. The van der Waals surface area contributed by atoms with Gasteiger partial charge in [0, 0.05) is 12.7 Å². The molecule has 1 aliphatic rings. The molecule has 0 radical (unpaired) electrons. The first kappa shape index (κ1) is 22.0. The van der Waals surface area contributed by atoms with Gasteiger partial charge in [0.05, 0.1) is 17.7 Å². The molecule has 0 fully saturated rings. The van der Waals surface area contributed by atoms with Gasteiger partial charge in [-0.3, -0.25) is 4.79 Å². The van der Waals surface area contributed by atoms with Gasteiger partial charge in [0.2, 0.25) is 5.88 Å². The third-order valence-corrected chi connectivity index (χ3v) is 4.87. The second kappa shape index (κ2) is 10.4. The SMILES string of the molecule is C[C@@H](OC1CC=C(CNC(=O)c2cccnc2Oc2cccc(C#N)c2)CC1)C(=O)O. The molecule has 2 N–H and O–H groups in total. The Morgan fingerprint density at radius 1 is 1.35 bits per heavy atom. The van der Waals surface area contributed by atoms with Crippen LogP contribution in [0.5, 0.6) is 11.6 Å². The fraction of sp³-hybridized carbons (Fsp3) is 0.304. The van der Waals surface area contributed by atoms with Gasteiger partial charge in [0.25, 0.3) is 5.91 Å². The number of hydrogen-bond donors (Lipinski definition) is 2. The monoisotopic (exact) mass is 421 g/mol. The zero-order valence-electron chi connectivity index (χ0n) is 17.1. The molecule has 1 unspecified atom stereocenters. The van der Waals surface area contributed by atoms with Crippen LogP contribution in [0.25, 0.3) is 0 Å². The molecule has 31 heavy (non-hydrogen) atoms. The number of hydrogen-bond acceptors (Lipinski definition) is 6. The fourth-order valence-electron chi connectivity index (χ4n) is 3.17. The van der Waals surface area contributed by atoms with Gasteiger partial charge in [-0.15, -0.1) is 0 Å². The van der Waals surface area contributed by atoms with Crippen molar-refractivity contribution in [2.45, 2.75) is 38.4 Å². The van der Waals surface area contributed by atoms with Crippen LogP contribution in [0.15, 0.2) is 54.2 Å². The van der Waals surface area contributed by atoms with Crippen molar-refractivity contribution in [3.8, 4) is 17.7 Å². The molecule has 8 heteroatoms. The summed E-state index contributed by atoms with van der Waals surface area (Å²) in [4.78, 5) is 27.8. The van der Waals surface area contributed by atoms with Crippen molar-refractivity contribution in [2.75, 3.05) is 6.54 Å². The molecule has 160 valence electrons. The number of nitrogens with zero attached hydrogens (tertiary/aromatic N) is 2. The molecule has 8 nitrogen and oxygen atoms in total. The average molecular weight is 421 g/mol. The maximum atomic E-state index is 12.7. The molecule has 0 bridgehead atoms. The van der Waals surface area contributed by atoms with E-state index in [4.69, 9.17) is 19.8 Å². The molecule has 1 aromatic heterocycles. The van der Waals surface area contributed by atoms with E-state index in [0.717, 1.165) is 5.57 Å². The van der Waals surface area contributed by atoms with Crippen LogP contribution in [0.2, 0.25) is 0 Å². The highest BCUT2D eigenvalue weighted by molar-refractivity contribution is 5.96. The van der Waals surface area contributed by atoms with E-state index in [1.54, 1.807) is 36.4 Å². The Morgan fingerprint density at radius 3 is 2.90 bits per heavy atom. The van der Waals surface area contributed by atoms with Crippen LogP contribution in [-0.4, -0.2) is 40.7 Å². The number of aliphatic carboxylic acids is 1. The minimum Gasteiger partial charge on any atom is -0.479 e. The highest BCUT2D eigenvalue weighted by Gasteiger charge is 2.21. The maximum Gasteiger partial charge on any atom is 0.332 e. The van der Waals surface area contributed by atoms with Crippen molar-refractivity contribution < 1.29 is 24.2 Å². The lowest BCUT2D eigenvalue weighted by molar-refractivity contribution is -0.153. The van der Waals surface area contributed by atoms with Gasteiger partial charge in [0.1, 0.15) is 11.3 Å². The number of benzene rings is 1. The standard InChI is InChI=1S/C23H23N3O5/c1-15(23(28)29)30-18-9-7-16(8-10-18)14-26-21(27)20-6-3-11-25-22(20)31-19-5-2-4-17(12-19)13-24/h2-7,11-12,15,18H,8-10,14H2,1H3,(H,26,27)(H,28,29)/t15-,18?/m1/s1. The number of carboxylic acid groups (broad SMARTS) is 1. The predicted molar refractivity (Wildman–Crippen MR) is 112 cm³/mol. The highest BCUT2D eigenvalue weighted by atomic mass is 16.5. The normalized spacial score (nSPS) is 16.5. The zero-order chi connectivity index (χ0) is 22.2. The van der Waals surface area contributed by atoms with E-state index in [-0.39, 0.29) is 23.5 Å². The Labute approximate surface area is 180 Å². The maximum absolute atomic E-state index is 12.7. The van der Waals surface area contributed by atoms with E-state index in [1.165, 1.54) is 13.1 Å². The number of ether oxygens (including phenoxy) is 2. The van der Waals surface area contributed by atoms with E-state index < -0.39 is 12.1 Å². The molecule has 0 saturated carbocycles. The molecule has 0 saturated heterocycles. The second-order valence-corrected chi connectivity index (χ2v) is 7.16. The summed E-state index contributed by atoms with van der Waals surface area (Å²) in [6, 6.07) is 11.9. The summed E-state index contributed by atoms with van der Waals surface area (Å²) >= 11 is 0. The van der Waals surface area contributed by atoms with Crippen LogP contribution >= 0.6 is 0 Å². The van der Waals surface area contributed by atoms with E-state index >= 15 is 0 Å². The van der Waals surface area contributed by atoms with E-state index in [1.807, 2.05) is 12.1 Å². The van der Waals surface area contributed by atoms with Gasteiger partial charge in [-0.2, -0.15) is 5.26 Å². The summed E-state index contributed by atoms with van der Waals surface area (Å²) in [5.74, 6) is -0.721. The molecule has 0 spiro atoms. The molecular weight excluding hydrogens is 398 g/mol. The third-order valence-electron chi connectivity index (χ3n) is 4.87. The minimum atomic E-state index is -0.976. The quantitative estimate of drug-likeness (QED) is 0.626. The van der Waals surface area contributed by atoms with Gasteiger partial charge in [-0.1, -0.05) is 17.7 Å². The predicted octanol–water partition coefficient (Wildman–Crippen LogP) is 3.44. The van der Waals surface area contributed by atoms with Gasteiger partial charge < -0.3 is 19.9 Å². The number of pyridine rings is 1. The minimum absolute atomic E-state index is 0.131. The number of carbonyl (C=O) groups excluding carboxylic acids is 1. The fourth-order valence-corrected chi connectivity index (χ4v) is 3.17. The van der Waals surface area contributed by atoms with Crippen molar-refractivity contribution in [2.24, 2.45) is 0 Å². The number of rotatable bonds is 8. The molecule has 2 aromatic rings. The number of amides is 1. The molecule has 3 rings (SSSR count). The Hall–Kier alpha value is -3.70. The van der Waals surface area contributed by atoms with Crippen LogP contribution in [0, 0.1) is 11.3 Å². The Morgan fingerprint density at radius 2 is 2.19 bits per heavy atom. The average Bonchev–Trinajstić information content (AvgIpc) is 2.78. The van der Waals surface area contributed by atoms with Crippen LogP contribution in [0.4, 0.5) is 0 Å². The molecule has 0 aliphatic heterocycles. The van der Waals surface area contributed by atoms with Crippen molar-refractivity contribution in [3.05, 3.63) is 65.4 Å². The van der Waals surface area contributed by atoms with Gasteiger partial charge in [0.15, 0.2) is 6.10 Å². The number of carboxylic acids is 1. The van der Waals surface area contributed by atoms with Crippen LogP contribution in [0.3, 0.4) is 0 Å². The van der Waals surface area contributed by atoms with Gasteiger partial charge in [-0.05, 0) is 56.5 Å². The van der Waals surface area contributed by atoms with Crippen molar-refractivity contribution in [3.63, 3.8) is 0 Å². The van der Waals surface area contributed by atoms with Crippen LogP contribution in [0.1, 0.15) is 42.1 Å². The number of carbonyl (C=O) groups is 2. The number of aromatic nitrogens is 1. The number of nitriles is 1. The smallest absolute Gasteiger partial charge is 0.332 e. The lowest BCUT2D eigenvalue weighted by Crippen LogP contribution is -2.30. The molecule has 1 aromatic carbocycles. The molecule has 1 aliphatic carbocycles. The topological polar surface area (TPSA) is 122 Å². The van der Waals surface area contributed by atoms with Crippen molar-refractivity contribution in [1.82, 2.24) is 10.3 Å².